The van der Waals surface area contributed by atoms with Gasteiger partial charge in [-0.2, -0.15) is 4.68 Å². The van der Waals surface area contributed by atoms with Gasteiger partial charge in [0.25, 0.3) is 5.91 Å². The van der Waals surface area contributed by atoms with Crippen molar-refractivity contribution in [3.63, 3.8) is 0 Å². The average molecular weight is 442 g/mol. The van der Waals surface area contributed by atoms with Gasteiger partial charge in [-0.05, 0) is 41.5 Å². The van der Waals surface area contributed by atoms with E-state index in [4.69, 9.17) is 14.2 Å². The van der Waals surface area contributed by atoms with Crippen molar-refractivity contribution in [2.24, 2.45) is 0 Å². The number of anilines is 1. The fourth-order valence-corrected chi connectivity index (χ4v) is 3.65. The fourth-order valence-electron chi connectivity index (χ4n) is 3.65. The van der Waals surface area contributed by atoms with E-state index in [1.165, 1.54) is 0 Å². The molecule has 0 bridgehead atoms. The van der Waals surface area contributed by atoms with E-state index in [0.29, 0.717) is 55.9 Å². The van der Waals surface area contributed by atoms with Crippen molar-refractivity contribution >= 4 is 17.8 Å². The van der Waals surface area contributed by atoms with E-state index in [0.717, 1.165) is 12.0 Å². The highest BCUT2D eigenvalue weighted by Crippen LogP contribution is 2.35. The van der Waals surface area contributed by atoms with Crippen molar-refractivity contribution in [2.45, 2.75) is 26.3 Å². The molecule has 11 nitrogen and oxygen atoms in total. The first-order valence-electron chi connectivity index (χ1n) is 10.6. The highest BCUT2D eigenvalue weighted by Gasteiger charge is 2.34. The Hall–Kier alpha value is -3.47. The van der Waals surface area contributed by atoms with Crippen molar-refractivity contribution in [2.75, 3.05) is 44.8 Å². The molecule has 2 aromatic rings. The number of hydrogen-bond acceptors (Lipinski definition) is 9. The summed E-state index contributed by atoms with van der Waals surface area (Å²) in [7, 11) is 0. The van der Waals surface area contributed by atoms with E-state index in [1.807, 2.05) is 19.1 Å². The summed E-state index contributed by atoms with van der Waals surface area (Å²) < 4.78 is 17.9. The molecule has 0 spiro atoms. The van der Waals surface area contributed by atoms with E-state index < -0.39 is 12.0 Å². The van der Waals surface area contributed by atoms with Gasteiger partial charge in [0, 0.05) is 18.8 Å². The molecule has 1 fully saturated rings. The van der Waals surface area contributed by atoms with Gasteiger partial charge in [0.05, 0.1) is 25.4 Å². The number of esters is 1. The number of hydrogen-bond donors (Lipinski definition) is 1. The monoisotopic (exact) mass is 442 g/mol. The van der Waals surface area contributed by atoms with Crippen molar-refractivity contribution in [3.05, 3.63) is 41.1 Å². The summed E-state index contributed by atoms with van der Waals surface area (Å²) in [5, 5.41) is 14.8. The van der Waals surface area contributed by atoms with Crippen molar-refractivity contribution in [1.82, 2.24) is 25.1 Å². The molecule has 3 heterocycles. The molecule has 0 saturated carbocycles. The number of aromatic nitrogens is 4. The van der Waals surface area contributed by atoms with Gasteiger partial charge < -0.3 is 24.4 Å². The lowest BCUT2D eigenvalue weighted by atomic mass is 9.96. The molecule has 2 aliphatic heterocycles. The largest absolute Gasteiger partial charge is 0.484 e. The van der Waals surface area contributed by atoms with Crippen LogP contribution in [0, 0.1) is 0 Å². The molecule has 1 aromatic heterocycles. The predicted octanol–water partition coefficient (Wildman–Crippen LogP) is 1.15. The lowest BCUT2D eigenvalue weighted by molar-refractivity contribution is -0.139. The summed E-state index contributed by atoms with van der Waals surface area (Å²) in [6.45, 7) is 6.26. The molecule has 11 heteroatoms. The quantitative estimate of drug-likeness (QED) is 0.630. The molecule has 1 atom stereocenters. The number of tetrazole rings is 1. The molecule has 0 aliphatic carbocycles. The number of allylic oxidation sites excluding steroid dienone is 1. The van der Waals surface area contributed by atoms with Crippen LogP contribution in [0.1, 0.15) is 31.9 Å². The number of fused-ring (bicyclic) bond motifs is 1. The van der Waals surface area contributed by atoms with E-state index >= 15 is 0 Å². The number of morpholine rings is 1. The molecular weight excluding hydrogens is 416 g/mol. The van der Waals surface area contributed by atoms with Gasteiger partial charge in [-0.15, -0.1) is 0 Å². The number of nitrogens with one attached hydrogen (secondary N) is 1. The van der Waals surface area contributed by atoms with E-state index in [1.54, 1.807) is 28.6 Å². The van der Waals surface area contributed by atoms with Gasteiger partial charge in [-0.1, -0.05) is 24.2 Å². The summed E-state index contributed by atoms with van der Waals surface area (Å²) >= 11 is 0. The third kappa shape index (κ3) is 4.57. The Labute approximate surface area is 185 Å². The molecule has 1 aromatic carbocycles. The van der Waals surface area contributed by atoms with Crippen LogP contribution in [0.2, 0.25) is 0 Å². The normalized spacial score (nSPS) is 18.1. The van der Waals surface area contributed by atoms with Crippen LogP contribution < -0.4 is 10.1 Å². The number of ether oxygens (including phenoxy) is 3. The van der Waals surface area contributed by atoms with Gasteiger partial charge in [-0.3, -0.25) is 4.79 Å². The second-order valence-electron chi connectivity index (χ2n) is 7.50. The molecule has 0 radical (unpaired) electrons. The maximum absolute atomic E-state index is 12.8. The van der Waals surface area contributed by atoms with Crippen LogP contribution in [0.4, 0.5) is 5.95 Å². The molecule has 1 unspecified atom stereocenters. The maximum Gasteiger partial charge on any atom is 0.338 e. The first-order chi connectivity index (χ1) is 15.6. The Morgan fingerprint density at radius 1 is 1.22 bits per heavy atom. The van der Waals surface area contributed by atoms with E-state index in [9.17, 15) is 9.59 Å². The smallest absolute Gasteiger partial charge is 0.338 e. The van der Waals surface area contributed by atoms with E-state index in [2.05, 4.69) is 20.8 Å². The topological polar surface area (TPSA) is 121 Å². The third-order valence-corrected chi connectivity index (χ3v) is 5.29. The minimum Gasteiger partial charge on any atom is -0.484 e. The Morgan fingerprint density at radius 2 is 1.97 bits per heavy atom. The van der Waals surface area contributed by atoms with Gasteiger partial charge in [0.1, 0.15) is 11.8 Å². The Morgan fingerprint density at radius 3 is 2.69 bits per heavy atom. The van der Waals surface area contributed by atoms with Crippen molar-refractivity contribution in [3.8, 4) is 5.75 Å². The molecule has 32 heavy (non-hydrogen) atoms. The SMILES string of the molecule is CCCOC(=O)C1=C(C)Nc2nnnn2C1c1ccc(OCC(=O)N2CCOCC2)cc1. The van der Waals surface area contributed by atoms with Crippen LogP contribution in [-0.4, -0.2) is 76.5 Å². The second-order valence-corrected chi connectivity index (χ2v) is 7.50. The Bertz CT molecular complexity index is 996. The highest BCUT2D eigenvalue weighted by molar-refractivity contribution is 5.92. The number of amides is 1. The van der Waals surface area contributed by atoms with Gasteiger partial charge >= 0.3 is 5.97 Å². The summed E-state index contributed by atoms with van der Waals surface area (Å²) in [5.74, 6) is 0.501. The van der Waals surface area contributed by atoms with Crippen LogP contribution in [0.15, 0.2) is 35.5 Å². The first-order valence-corrected chi connectivity index (χ1v) is 10.6. The molecule has 2 aliphatic rings. The maximum atomic E-state index is 12.8. The van der Waals surface area contributed by atoms with Gasteiger partial charge in [0.15, 0.2) is 6.61 Å². The van der Waals surface area contributed by atoms with Crippen molar-refractivity contribution < 1.29 is 23.8 Å². The second kappa shape index (κ2) is 9.77. The fraction of sp³-hybridized carbons (Fsp3) is 0.476. The van der Waals surface area contributed by atoms with Gasteiger partial charge in [0.2, 0.25) is 5.95 Å². The predicted molar refractivity (Wildman–Crippen MR) is 113 cm³/mol. The lowest BCUT2D eigenvalue weighted by Crippen LogP contribution is -2.42. The third-order valence-electron chi connectivity index (χ3n) is 5.29. The number of carbonyl (C=O) groups is 2. The molecule has 4 rings (SSSR count). The highest BCUT2D eigenvalue weighted by atomic mass is 16.5. The summed E-state index contributed by atoms with van der Waals surface area (Å²) in [5.41, 5.74) is 1.86. The van der Waals surface area contributed by atoms with Crippen LogP contribution in [0.5, 0.6) is 5.75 Å². The van der Waals surface area contributed by atoms with Crippen molar-refractivity contribution in [1.29, 1.82) is 0 Å². The minimum absolute atomic E-state index is 0.0442. The Kier molecular flexibility index (Phi) is 6.64. The van der Waals surface area contributed by atoms with Gasteiger partial charge in [-0.25, -0.2) is 4.79 Å². The number of rotatable bonds is 7. The van der Waals surface area contributed by atoms with Crippen LogP contribution in [0.25, 0.3) is 0 Å². The average Bonchev–Trinajstić information content (AvgIpc) is 3.29. The molecule has 1 amide bonds. The summed E-state index contributed by atoms with van der Waals surface area (Å²) in [6.07, 6.45) is 0.724. The zero-order valence-electron chi connectivity index (χ0n) is 18.1. The zero-order chi connectivity index (χ0) is 22.5. The standard InChI is InChI=1S/C21H26N6O5/c1-3-10-31-20(29)18-14(2)22-21-23-24-25-27(21)19(18)15-4-6-16(7-5-15)32-13-17(28)26-8-11-30-12-9-26/h4-7,19H,3,8-13H2,1-2H3,(H,22,23,25). The lowest BCUT2D eigenvalue weighted by Gasteiger charge is -2.27. The van der Waals surface area contributed by atoms with Crippen LogP contribution in [0.3, 0.4) is 0 Å². The minimum atomic E-state index is -0.547. The molecular formula is C21H26N6O5. The number of carbonyl (C=O) groups excluding carboxylic acids is 2. The van der Waals surface area contributed by atoms with Crippen LogP contribution >= 0.6 is 0 Å². The number of nitrogens with zero attached hydrogens (tertiary/aromatic N) is 5. The molecule has 1 N–H and O–H groups in total. The first kappa shape index (κ1) is 21.8. The summed E-state index contributed by atoms with van der Waals surface area (Å²) in [6, 6.07) is 6.64. The van der Waals surface area contributed by atoms with E-state index in [-0.39, 0.29) is 12.5 Å². The molecule has 170 valence electrons. The Balaban J connectivity index is 1.51. The van der Waals surface area contributed by atoms with Crippen LogP contribution in [-0.2, 0) is 19.1 Å². The number of benzene rings is 1. The molecule has 1 saturated heterocycles. The zero-order valence-corrected chi connectivity index (χ0v) is 18.1. The summed E-state index contributed by atoms with van der Waals surface area (Å²) in [4.78, 5) is 26.8.